The highest BCUT2D eigenvalue weighted by Crippen LogP contribution is 2.30. The molecule has 1 aliphatic carbocycles. The van der Waals surface area contributed by atoms with Crippen molar-refractivity contribution in [2.24, 2.45) is 0 Å². The van der Waals surface area contributed by atoms with Gasteiger partial charge in [-0.25, -0.2) is 8.42 Å². The van der Waals surface area contributed by atoms with Gasteiger partial charge in [0.25, 0.3) is 0 Å². The van der Waals surface area contributed by atoms with Crippen molar-refractivity contribution in [3.63, 3.8) is 0 Å². The van der Waals surface area contributed by atoms with Crippen LogP contribution in [0.2, 0.25) is 0 Å². The Labute approximate surface area is 127 Å². The van der Waals surface area contributed by atoms with Crippen LogP contribution in [0.5, 0.6) is 0 Å². The number of alkyl halides is 3. The molecule has 1 aromatic heterocycles. The summed E-state index contributed by atoms with van der Waals surface area (Å²) in [5, 5.41) is 0. The van der Waals surface area contributed by atoms with E-state index in [1.165, 1.54) is 4.31 Å². The minimum Gasteiger partial charge on any atom is -0.250 e. The first-order valence-electron chi connectivity index (χ1n) is 6.75. The standard InChI is InChI=1S/C14H15F3N2O2S/c1-2-9-19(11-5-3-4-6-11)22(20,21)12-7-8-13(18-10-12)14(15,16)17/h1,7-8,10-11H,3-6,9H2. The Morgan fingerprint density at radius 1 is 1.32 bits per heavy atom. The number of terminal acetylenes is 1. The van der Waals surface area contributed by atoms with Gasteiger partial charge in [0.05, 0.1) is 6.54 Å². The Balaban J connectivity index is 2.33. The lowest BCUT2D eigenvalue weighted by atomic mass is 10.2. The minimum absolute atomic E-state index is 0.103. The molecular weight excluding hydrogens is 317 g/mol. The van der Waals surface area contributed by atoms with Gasteiger partial charge in [-0.1, -0.05) is 18.8 Å². The van der Waals surface area contributed by atoms with E-state index in [2.05, 4.69) is 10.9 Å². The van der Waals surface area contributed by atoms with E-state index < -0.39 is 21.9 Å². The summed E-state index contributed by atoms with van der Waals surface area (Å²) in [6.07, 6.45) is 4.59. The third kappa shape index (κ3) is 3.42. The average molecular weight is 332 g/mol. The summed E-state index contributed by atoms with van der Waals surface area (Å²) < 4.78 is 63.8. The van der Waals surface area contributed by atoms with Crippen molar-refractivity contribution < 1.29 is 21.6 Å². The second-order valence-electron chi connectivity index (χ2n) is 5.07. The molecule has 1 fully saturated rings. The second kappa shape index (κ2) is 6.26. The highest BCUT2D eigenvalue weighted by Gasteiger charge is 2.35. The maximum Gasteiger partial charge on any atom is 0.433 e. The number of halogens is 3. The maximum absolute atomic E-state index is 12.6. The largest absolute Gasteiger partial charge is 0.433 e. The van der Waals surface area contributed by atoms with Crippen LogP contribution in [0.1, 0.15) is 31.4 Å². The quantitative estimate of drug-likeness (QED) is 0.797. The predicted octanol–water partition coefficient (Wildman–Crippen LogP) is 2.67. The summed E-state index contributed by atoms with van der Waals surface area (Å²) in [7, 11) is -3.95. The van der Waals surface area contributed by atoms with Gasteiger partial charge in [-0.2, -0.15) is 17.5 Å². The summed E-state index contributed by atoms with van der Waals surface area (Å²) in [6.45, 7) is -0.103. The third-order valence-corrected chi connectivity index (χ3v) is 5.49. The van der Waals surface area contributed by atoms with E-state index in [0.29, 0.717) is 18.9 Å². The fourth-order valence-electron chi connectivity index (χ4n) is 2.53. The smallest absolute Gasteiger partial charge is 0.250 e. The van der Waals surface area contributed by atoms with Gasteiger partial charge >= 0.3 is 6.18 Å². The van der Waals surface area contributed by atoms with E-state index in [9.17, 15) is 21.6 Å². The molecular formula is C14H15F3N2O2S. The highest BCUT2D eigenvalue weighted by molar-refractivity contribution is 7.89. The zero-order valence-corrected chi connectivity index (χ0v) is 12.5. The SMILES string of the molecule is C#CCN(C1CCCC1)S(=O)(=O)c1ccc(C(F)(F)F)nc1. The van der Waals surface area contributed by atoms with Gasteiger partial charge in [-0.05, 0) is 25.0 Å². The molecule has 0 radical (unpaired) electrons. The molecule has 0 N–H and O–H groups in total. The fraction of sp³-hybridized carbons (Fsp3) is 0.500. The molecule has 0 saturated heterocycles. The van der Waals surface area contributed by atoms with E-state index in [4.69, 9.17) is 6.42 Å². The van der Waals surface area contributed by atoms with Crippen LogP contribution in [0.15, 0.2) is 23.2 Å². The molecule has 2 rings (SSSR count). The van der Waals surface area contributed by atoms with Gasteiger partial charge in [0.1, 0.15) is 10.6 Å². The number of aromatic nitrogens is 1. The molecule has 1 heterocycles. The van der Waals surface area contributed by atoms with Crippen molar-refractivity contribution in [1.29, 1.82) is 0 Å². The fourth-order valence-corrected chi connectivity index (χ4v) is 4.07. The number of nitrogens with zero attached hydrogens (tertiary/aromatic N) is 2. The summed E-state index contributed by atoms with van der Waals surface area (Å²) in [5.41, 5.74) is -1.13. The Bertz CT molecular complexity index is 657. The van der Waals surface area contributed by atoms with Gasteiger partial charge < -0.3 is 0 Å². The van der Waals surface area contributed by atoms with Crippen LogP contribution < -0.4 is 0 Å². The number of hydrogen-bond acceptors (Lipinski definition) is 3. The van der Waals surface area contributed by atoms with Crippen molar-refractivity contribution >= 4 is 10.0 Å². The second-order valence-corrected chi connectivity index (χ2v) is 6.96. The Morgan fingerprint density at radius 2 is 1.95 bits per heavy atom. The molecule has 0 aliphatic heterocycles. The van der Waals surface area contributed by atoms with Crippen LogP contribution >= 0.6 is 0 Å². The number of rotatable bonds is 4. The summed E-state index contributed by atoms with van der Waals surface area (Å²) in [6, 6.07) is 1.38. The normalized spacial score (nSPS) is 16.9. The monoisotopic (exact) mass is 332 g/mol. The van der Waals surface area contributed by atoms with Gasteiger partial charge in [-0.3, -0.25) is 4.98 Å². The molecule has 0 atom stereocenters. The van der Waals surface area contributed by atoms with E-state index in [1.54, 1.807) is 0 Å². The maximum atomic E-state index is 12.6. The number of sulfonamides is 1. The van der Waals surface area contributed by atoms with E-state index in [0.717, 1.165) is 25.1 Å². The molecule has 8 heteroatoms. The Hall–Kier alpha value is -1.59. The minimum atomic E-state index is -4.60. The van der Waals surface area contributed by atoms with Crippen molar-refractivity contribution in [2.75, 3.05) is 6.54 Å². The van der Waals surface area contributed by atoms with Gasteiger partial charge in [0.15, 0.2) is 0 Å². The molecule has 120 valence electrons. The molecule has 0 aromatic carbocycles. The van der Waals surface area contributed by atoms with E-state index >= 15 is 0 Å². The van der Waals surface area contributed by atoms with Crippen molar-refractivity contribution in [3.8, 4) is 12.3 Å². The highest BCUT2D eigenvalue weighted by atomic mass is 32.2. The molecule has 0 unspecified atom stereocenters. The Morgan fingerprint density at radius 3 is 2.41 bits per heavy atom. The summed E-state index contributed by atoms with van der Waals surface area (Å²) in [5.74, 6) is 2.30. The average Bonchev–Trinajstić information content (AvgIpc) is 2.97. The summed E-state index contributed by atoms with van der Waals surface area (Å²) >= 11 is 0. The van der Waals surface area contributed by atoms with Crippen LogP contribution in [-0.4, -0.2) is 30.3 Å². The lowest BCUT2D eigenvalue weighted by molar-refractivity contribution is -0.141. The molecule has 0 amide bonds. The molecule has 0 spiro atoms. The first-order chi connectivity index (χ1) is 10.3. The molecule has 1 aromatic rings. The first-order valence-corrected chi connectivity index (χ1v) is 8.19. The Kier molecular flexibility index (Phi) is 4.78. The molecule has 4 nitrogen and oxygen atoms in total. The molecule has 1 aliphatic rings. The van der Waals surface area contributed by atoms with Crippen molar-refractivity contribution in [3.05, 3.63) is 24.0 Å². The first kappa shape index (κ1) is 16.8. The lowest BCUT2D eigenvalue weighted by Crippen LogP contribution is -2.39. The van der Waals surface area contributed by atoms with Crippen molar-refractivity contribution in [2.45, 2.75) is 42.8 Å². The van der Waals surface area contributed by atoms with E-state index in [-0.39, 0.29) is 17.5 Å². The van der Waals surface area contributed by atoms with Crippen LogP contribution in [0, 0.1) is 12.3 Å². The number of pyridine rings is 1. The van der Waals surface area contributed by atoms with Crippen LogP contribution in [-0.2, 0) is 16.2 Å². The molecule has 1 saturated carbocycles. The van der Waals surface area contributed by atoms with Gasteiger partial charge in [-0.15, -0.1) is 6.42 Å². The van der Waals surface area contributed by atoms with Crippen LogP contribution in [0.3, 0.4) is 0 Å². The van der Waals surface area contributed by atoms with Gasteiger partial charge in [0.2, 0.25) is 10.0 Å². The van der Waals surface area contributed by atoms with Gasteiger partial charge in [0, 0.05) is 12.2 Å². The molecule has 0 bridgehead atoms. The topological polar surface area (TPSA) is 50.3 Å². The van der Waals surface area contributed by atoms with E-state index in [1.807, 2.05) is 0 Å². The zero-order chi connectivity index (χ0) is 16.4. The van der Waals surface area contributed by atoms with Crippen molar-refractivity contribution in [1.82, 2.24) is 9.29 Å². The lowest BCUT2D eigenvalue weighted by Gasteiger charge is -2.26. The zero-order valence-electron chi connectivity index (χ0n) is 11.7. The third-order valence-electron chi connectivity index (χ3n) is 3.61. The number of hydrogen-bond donors (Lipinski definition) is 0. The summed E-state index contributed by atoms with van der Waals surface area (Å²) in [4.78, 5) is 2.93. The molecule has 22 heavy (non-hydrogen) atoms. The van der Waals surface area contributed by atoms with Crippen LogP contribution in [0.4, 0.5) is 13.2 Å². The van der Waals surface area contributed by atoms with Crippen LogP contribution in [0.25, 0.3) is 0 Å². The predicted molar refractivity (Wildman–Crippen MR) is 74.2 cm³/mol.